The lowest BCUT2D eigenvalue weighted by Gasteiger charge is -2.31. The van der Waals surface area contributed by atoms with E-state index in [0.29, 0.717) is 6.54 Å². The molecule has 0 aromatic heterocycles. The van der Waals surface area contributed by atoms with E-state index in [1.54, 1.807) is 7.05 Å². The number of piperidine rings is 1. The van der Waals surface area contributed by atoms with Crippen molar-refractivity contribution in [3.8, 4) is 0 Å². The quantitative estimate of drug-likeness (QED) is 0.651. The number of hydrogen-bond donors (Lipinski definition) is 2. The normalized spacial score (nSPS) is 19.6. The number of nitrogens with one attached hydrogen (secondary N) is 2. The van der Waals surface area contributed by atoms with E-state index in [-0.39, 0.29) is 5.91 Å². The fourth-order valence-corrected chi connectivity index (χ4v) is 1.92. The molecule has 0 aromatic carbocycles. The van der Waals surface area contributed by atoms with Crippen molar-refractivity contribution in [2.75, 3.05) is 40.3 Å². The predicted molar refractivity (Wildman–Crippen MR) is 57.2 cm³/mol. The molecule has 4 nitrogen and oxygen atoms in total. The Morgan fingerprint density at radius 2 is 2.00 bits per heavy atom. The average Bonchev–Trinajstić information content (AvgIpc) is 2.21. The number of likely N-dealkylation sites (tertiary alicyclic amines) is 1. The second kappa shape index (κ2) is 5.98. The first-order chi connectivity index (χ1) is 6.76. The van der Waals surface area contributed by atoms with Crippen LogP contribution in [-0.4, -0.2) is 51.1 Å². The van der Waals surface area contributed by atoms with Crippen molar-refractivity contribution in [1.29, 1.82) is 0 Å². The van der Waals surface area contributed by atoms with Gasteiger partial charge >= 0.3 is 0 Å². The third-order valence-electron chi connectivity index (χ3n) is 2.85. The average molecular weight is 199 g/mol. The van der Waals surface area contributed by atoms with Gasteiger partial charge in [0, 0.05) is 7.05 Å². The fraction of sp³-hybridized carbons (Fsp3) is 0.900. The SMILES string of the molecule is CNCC1CCN(CC(=O)NC)CC1. The maximum Gasteiger partial charge on any atom is 0.233 e. The Kier molecular flexibility index (Phi) is 4.90. The summed E-state index contributed by atoms with van der Waals surface area (Å²) in [7, 11) is 3.69. The van der Waals surface area contributed by atoms with Gasteiger partial charge in [0.2, 0.25) is 5.91 Å². The van der Waals surface area contributed by atoms with Crippen molar-refractivity contribution < 1.29 is 4.79 Å². The van der Waals surface area contributed by atoms with Gasteiger partial charge in [0.05, 0.1) is 6.54 Å². The summed E-state index contributed by atoms with van der Waals surface area (Å²) < 4.78 is 0. The highest BCUT2D eigenvalue weighted by Crippen LogP contribution is 2.15. The lowest BCUT2D eigenvalue weighted by atomic mass is 9.97. The molecule has 0 atom stereocenters. The lowest BCUT2D eigenvalue weighted by molar-refractivity contribution is -0.122. The molecule has 0 spiro atoms. The Morgan fingerprint density at radius 1 is 1.36 bits per heavy atom. The summed E-state index contributed by atoms with van der Waals surface area (Å²) in [6.07, 6.45) is 2.41. The molecule has 1 amide bonds. The highest BCUT2D eigenvalue weighted by atomic mass is 16.1. The van der Waals surface area contributed by atoms with Crippen molar-refractivity contribution in [2.24, 2.45) is 5.92 Å². The van der Waals surface area contributed by atoms with Gasteiger partial charge in [-0.15, -0.1) is 0 Å². The van der Waals surface area contributed by atoms with Gasteiger partial charge in [0.25, 0.3) is 0 Å². The minimum Gasteiger partial charge on any atom is -0.358 e. The van der Waals surface area contributed by atoms with E-state index in [9.17, 15) is 4.79 Å². The van der Waals surface area contributed by atoms with Crippen LogP contribution in [0.15, 0.2) is 0 Å². The van der Waals surface area contributed by atoms with E-state index in [0.717, 1.165) is 25.6 Å². The maximum atomic E-state index is 11.1. The van der Waals surface area contributed by atoms with Crippen LogP contribution in [0.2, 0.25) is 0 Å². The molecule has 0 unspecified atom stereocenters. The third-order valence-corrected chi connectivity index (χ3v) is 2.85. The number of carbonyl (C=O) groups excluding carboxylic acids is 1. The zero-order valence-electron chi connectivity index (χ0n) is 9.18. The third kappa shape index (κ3) is 3.64. The van der Waals surface area contributed by atoms with Gasteiger partial charge < -0.3 is 10.6 Å². The minimum absolute atomic E-state index is 0.122. The molecule has 2 N–H and O–H groups in total. The first-order valence-corrected chi connectivity index (χ1v) is 5.33. The molecule has 1 rings (SSSR count). The van der Waals surface area contributed by atoms with Crippen LogP contribution in [0.1, 0.15) is 12.8 Å². The van der Waals surface area contributed by atoms with E-state index in [1.807, 2.05) is 7.05 Å². The van der Waals surface area contributed by atoms with Crippen molar-refractivity contribution in [2.45, 2.75) is 12.8 Å². The Labute approximate surface area is 86.0 Å². The number of carbonyl (C=O) groups is 1. The first kappa shape index (κ1) is 11.5. The summed E-state index contributed by atoms with van der Waals surface area (Å²) in [5.74, 6) is 0.915. The molecule has 1 saturated heterocycles. The molecule has 1 heterocycles. The monoisotopic (exact) mass is 199 g/mol. The zero-order chi connectivity index (χ0) is 10.4. The molecule has 0 radical (unpaired) electrons. The number of likely N-dealkylation sites (N-methyl/N-ethyl adjacent to an activating group) is 1. The van der Waals surface area contributed by atoms with Crippen LogP contribution in [0, 0.1) is 5.92 Å². The van der Waals surface area contributed by atoms with Crippen LogP contribution in [0.25, 0.3) is 0 Å². The topological polar surface area (TPSA) is 44.4 Å². The summed E-state index contributed by atoms with van der Waals surface area (Å²) >= 11 is 0. The van der Waals surface area contributed by atoms with E-state index < -0.39 is 0 Å². The van der Waals surface area contributed by atoms with Crippen LogP contribution < -0.4 is 10.6 Å². The number of nitrogens with zero attached hydrogens (tertiary/aromatic N) is 1. The second-order valence-electron chi connectivity index (χ2n) is 3.95. The van der Waals surface area contributed by atoms with Gasteiger partial charge in [-0.05, 0) is 45.4 Å². The molecule has 0 aromatic rings. The van der Waals surface area contributed by atoms with Crippen LogP contribution in [0.5, 0.6) is 0 Å². The van der Waals surface area contributed by atoms with E-state index in [1.165, 1.54) is 12.8 Å². The molecule has 82 valence electrons. The van der Waals surface area contributed by atoms with Crippen molar-refractivity contribution in [3.05, 3.63) is 0 Å². The smallest absolute Gasteiger partial charge is 0.233 e. The van der Waals surface area contributed by atoms with E-state index >= 15 is 0 Å². The first-order valence-electron chi connectivity index (χ1n) is 5.33. The molecule has 1 fully saturated rings. The minimum atomic E-state index is 0.122. The summed E-state index contributed by atoms with van der Waals surface area (Å²) in [6, 6.07) is 0. The number of hydrogen-bond acceptors (Lipinski definition) is 3. The molecule has 1 aliphatic heterocycles. The van der Waals surface area contributed by atoms with Gasteiger partial charge in [-0.3, -0.25) is 9.69 Å². The van der Waals surface area contributed by atoms with Crippen LogP contribution >= 0.6 is 0 Å². The molecular weight excluding hydrogens is 178 g/mol. The standard InChI is InChI=1S/C10H21N3O/c1-11-7-9-3-5-13(6-4-9)8-10(14)12-2/h9,11H,3-8H2,1-2H3,(H,12,14). The van der Waals surface area contributed by atoms with Gasteiger partial charge in [-0.25, -0.2) is 0 Å². The highest BCUT2D eigenvalue weighted by molar-refractivity contribution is 5.77. The molecule has 0 aliphatic carbocycles. The fourth-order valence-electron chi connectivity index (χ4n) is 1.92. The largest absolute Gasteiger partial charge is 0.358 e. The van der Waals surface area contributed by atoms with Gasteiger partial charge in [0.15, 0.2) is 0 Å². The summed E-state index contributed by atoms with van der Waals surface area (Å²) in [5.41, 5.74) is 0. The predicted octanol–water partition coefficient (Wildman–Crippen LogP) is -0.336. The molecule has 14 heavy (non-hydrogen) atoms. The van der Waals surface area contributed by atoms with Gasteiger partial charge in [-0.1, -0.05) is 0 Å². The van der Waals surface area contributed by atoms with Crippen molar-refractivity contribution in [3.63, 3.8) is 0 Å². The Bertz CT molecular complexity index is 176. The van der Waals surface area contributed by atoms with Crippen LogP contribution in [0.4, 0.5) is 0 Å². The van der Waals surface area contributed by atoms with Crippen molar-refractivity contribution >= 4 is 5.91 Å². The zero-order valence-corrected chi connectivity index (χ0v) is 9.18. The molecule has 4 heteroatoms. The Morgan fingerprint density at radius 3 is 2.50 bits per heavy atom. The molecule has 0 bridgehead atoms. The summed E-state index contributed by atoms with van der Waals surface area (Å²) in [4.78, 5) is 13.3. The summed E-state index contributed by atoms with van der Waals surface area (Å²) in [6.45, 7) is 3.77. The van der Waals surface area contributed by atoms with E-state index in [4.69, 9.17) is 0 Å². The van der Waals surface area contributed by atoms with Crippen molar-refractivity contribution in [1.82, 2.24) is 15.5 Å². The van der Waals surface area contributed by atoms with Crippen LogP contribution in [-0.2, 0) is 4.79 Å². The van der Waals surface area contributed by atoms with E-state index in [2.05, 4.69) is 15.5 Å². The number of amides is 1. The highest BCUT2D eigenvalue weighted by Gasteiger charge is 2.19. The maximum absolute atomic E-state index is 11.1. The Balaban J connectivity index is 2.18. The Hall–Kier alpha value is -0.610. The second-order valence-corrected chi connectivity index (χ2v) is 3.95. The summed E-state index contributed by atoms with van der Waals surface area (Å²) in [5, 5.41) is 5.86. The molecule has 0 saturated carbocycles. The number of rotatable bonds is 4. The van der Waals surface area contributed by atoms with Crippen LogP contribution in [0.3, 0.4) is 0 Å². The van der Waals surface area contributed by atoms with Gasteiger partial charge in [0.1, 0.15) is 0 Å². The lowest BCUT2D eigenvalue weighted by Crippen LogP contribution is -2.41. The molecule has 1 aliphatic rings. The van der Waals surface area contributed by atoms with Gasteiger partial charge in [-0.2, -0.15) is 0 Å². The molecular formula is C10H21N3O.